The smallest absolute Gasteiger partial charge is 0.188 e. The van der Waals surface area contributed by atoms with E-state index in [4.69, 9.17) is 41.9 Å². The van der Waals surface area contributed by atoms with Gasteiger partial charge in [-0.1, -0.05) is 0 Å². The highest BCUT2D eigenvalue weighted by Gasteiger charge is 2.60. The van der Waals surface area contributed by atoms with Crippen molar-refractivity contribution < 1.29 is 59.5 Å². The van der Waals surface area contributed by atoms with E-state index in [0.717, 1.165) is 0 Å². The number of hydrogen-bond donors (Lipinski definition) is 12. The van der Waals surface area contributed by atoms with Gasteiger partial charge in [-0.25, -0.2) is 9.98 Å². The van der Waals surface area contributed by atoms with Crippen LogP contribution in [-0.2, 0) is 23.7 Å². The van der Waals surface area contributed by atoms with Crippen molar-refractivity contribution in [2.45, 2.75) is 98.2 Å². The van der Waals surface area contributed by atoms with E-state index in [1.54, 1.807) is 0 Å². The van der Waals surface area contributed by atoms with Crippen molar-refractivity contribution in [3.63, 3.8) is 0 Å². The summed E-state index contributed by atoms with van der Waals surface area (Å²) in [6.45, 7) is 0.620. The third-order valence-electron chi connectivity index (χ3n) is 7.34. The number of likely N-dealkylation sites (N-methyl/N-ethyl adjacent to an activating group) is 1. The summed E-state index contributed by atoms with van der Waals surface area (Å²) in [6, 6.07) is -4.08. The van der Waals surface area contributed by atoms with Crippen LogP contribution in [0.1, 0.15) is 6.92 Å². The minimum absolute atomic E-state index is 0.140. The number of nitrogens with one attached hydrogen (secondary N) is 1. The van der Waals surface area contributed by atoms with Crippen LogP contribution in [0.2, 0.25) is 0 Å². The lowest BCUT2D eigenvalue weighted by molar-refractivity contribution is -0.314. The van der Waals surface area contributed by atoms with E-state index in [9.17, 15) is 40.5 Å². The Morgan fingerprint density at radius 2 is 1.50 bits per heavy atom. The third-order valence-corrected chi connectivity index (χ3v) is 7.34. The third kappa shape index (κ3) is 6.00. The van der Waals surface area contributed by atoms with Crippen molar-refractivity contribution in [2.24, 2.45) is 32.9 Å². The highest BCUT2D eigenvalue weighted by Crippen LogP contribution is 2.38. The minimum atomic E-state index is -2.38. The quantitative estimate of drug-likeness (QED) is 0.0682. The fourth-order valence-electron chi connectivity index (χ4n) is 5.08. The van der Waals surface area contributed by atoms with Crippen molar-refractivity contribution in [3.8, 4) is 0 Å². The first-order valence-corrected chi connectivity index (χ1v) is 12.4. The first kappa shape index (κ1) is 32.2. The zero-order valence-corrected chi connectivity index (χ0v) is 21.7. The number of nitrogens with two attached hydrogens (primary N) is 4. The normalized spacial score (nSPS) is 47.4. The molecule has 2 heterocycles. The summed E-state index contributed by atoms with van der Waals surface area (Å²) in [5.41, 5.74) is 19.4. The molecule has 3 rings (SSSR count). The monoisotopic (exact) mass is 581 g/mol. The van der Waals surface area contributed by atoms with Crippen molar-refractivity contribution in [2.75, 3.05) is 13.7 Å². The minimum Gasteiger partial charge on any atom is -0.394 e. The van der Waals surface area contributed by atoms with Crippen molar-refractivity contribution in [3.05, 3.63) is 0 Å². The second-order valence-corrected chi connectivity index (χ2v) is 9.89. The highest BCUT2D eigenvalue weighted by atomic mass is 16.8. The number of carbonyl (C=O) groups excluding carboxylic acids is 1. The van der Waals surface area contributed by atoms with Crippen molar-refractivity contribution in [1.29, 1.82) is 0 Å². The van der Waals surface area contributed by atoms with Gasteiger partial charge in [0.05, 0.1) is 18.8 Å². The van der Waals surface area contributed by atoms with Gasteiger partial charge in [-0.15, -0.1) is 0 Å². The van der Waals surface area contributed by atoms with Gasteiger partial charge in [0.25, 0.3) is 0 Å². The fraction of sp³-hybridized carbons (Fsp3) is 0.857. The van der Waals surface area contributed by atoms with Gasteiger partial charge in [0, 0.05) is 0 Å². The van der Waals surface area contributed by atoms with Crippen LogP contribution in [0.3, 0.4) is 0 Å². The summed E-state index contributed by atoms with van der Waals surface area (Å²) in [5, 5.41) is 76.6. The second kappa shape index (κ2) is 12.7. The van der Waals surface area contributed by atoms with Crippen LogP contribution >= 0.6 is 0 Å². The van der Waals surface area contributed by atoms with Gasteiger partial charge in [-0.2, -0.15) is 0 Å². The lowest BCUT2D eigenvalue weighted by atomic mass is 9.81. The fourth-order valence-corrected chi connectivity index (χ4v) is 5.08. The molecule has 1 saturated carbocycles. The Bertz CT molecular complexity index is 940. The van der Waals surface area contributed by atoms with Gasteiger partial charge in [-0.3, -0.25) is 4.79 Å². The molecule has 1 aliphatic carbocycles. The Morgan fingerprint density at radius 3 is 2.02 bits per heavy atom. The van der Waals surface area contributed by atoms with Crippen LogP contribution in [0.15, 0.2) is 9.98 Å². The standard InChI is InChI=1S/C21H39N7O12/c1-5-21(36,4-30)16(40-17-9(26-2)13(34)10(31)6(3-29)38-17)18(37-5)39-15-8(28-20(24)25)11(32)7(27-19(22)23)12(33)14(15)35/h4-18,26,29,31-36H,3H2,1-2H3,(H4,22,23,27)(H4,24,25,28)/t5-,6-,7+,8+,9+,10-,11-,12+,13-,14+,15+,16+,17-,18+,21+/m0/s1. The summed E-state index contributed by atoms with van der Waals surface area (Å²) in [4.78, 5) is 19.7. The van der Waals surface area contributed by atoms with E-state index in [-0.39, 0.29) is 6.29 Å². The van der Waals surface area contributed by atoms with Crippen LogP contribution in [0, 0.1) is 0 Å². The van der Waals surface area contributed by atoms with Gasteiger partial charge in [0.1, 0.15) is 60.9 Å². The number of rotatable bonds is 9. The molecule has 16 N–H and O–H groups in total. The number of nitrogens with zero attached hydrogens (tertiary/aromatic N) is 2. The predicted molar refractivity (Wildman–Crippen MR) is 133 cm³/mol. The molecular formula is C21H39N7O12. The first-order chi connectivity index (χ1) is 18.7. The van der Waals surface area contributed by atoms with Crippen LogP contribution in [0.25, 0.3) is 0 Å². The largest absolute Gasteiger partial charge is 0.394 e. The molecule has 3 fully saturated rings. The Labute approximate surface area is 228 Å². The molecule has 19 heteroatoms. The van der Waals surface area contributed by atoms with E-state index in [0.29, 0.717) is 0 Å². The van der Waals surface area contributed by atoms with Gasteiger partial charge in [0.2, 0.25) is 0 Å². The molecule has 15 atom stereocenters. The number of hydrogen-bond acceptors (Lipinski definition) is 15. The summed E-state index contributed by atoms with van der Waals surface area (Å²) in [6.07, 6.45) is -17.3. The molecule has 2 aliphatic heterocycles. The summed E-state index contributed by atoms with van der Waals surface area (Å²) in [7, 11) is 1.42. The number of aliphatic hydroxyl groups is 7. The molecule has 2 saturated heterocycles. The number of aliphatic imine (C=N–C) groups is 2. The summed E-state index contributed by atoms with van der Waals surface area (Å²) in [5.74, 6) is -1.03. The number of carbonyl (C=O) groups is 1. The molecule has 0 amide bonds. The van der Waals surface area contributed by atoms with E-state index in [1.165, 1.54) is 14.0 Å². The van der Waals surface area contributed by atoms with Gasteiger partial charge in [-0.05, 0) is 14.0 Å². The van der Waals surface area contributed by atoms with E-state index in [2.05, 4.69) is 15.3 Å². The zero-order chi connectivity index (χ0) is 30.1. The Kier molecular flexibility index (Phi) is 10.2. The molecule has 3 aliphatic rings. The van der Waals surface area contributed by atoms with Crippen LogP contribution in [0.5, 0.6) is 0 Å². The molecular weight excluding hydrogens is 542 g/mol. The first-order valence-electron chi connectivity index (χ1n) is 12.4. The SMILES string of the molecule is CN[C@H]1[C@H](O[C@@H]2[C@@H](O[C@H]3[C@H](O)[C@H](O)[C@H](N=C(N)N)[C@H](O)[C@H]3N=C(N)N)O[C@@H](C)[C@]2(O)C=O)O[C@@H](CO)[C@H](O)[C@H]1O. The highest BCUT2D eigenvalue weighted by molar-refractivity contribution is 5.76. The van der Waals surface area contributed by atoms with Crippen LogP contribution < -0.4 is 28.3 Å². The van der Waals surface area contributed by atoms with Gasteiger partial charge < -0.3 is 82.9 Å². The topological polar surface area (TPSA) is 336 Å². The lowest BCUT2D eigenvalue weighted by Gasteiger charge is -2.45. The number of ether oxygens (including phenoxy) is 4. The molecule has 0 aromatic rings. The molecule has 0 aromatic carbocycles. The molecule has 0 aromatic heterocycles. The van der Waals surface area contributed by atoms with Crippen LogP contribution in [-0.4, -0.2) is 159 Å². The van der Waals surface area contributed by atoms with E-state index in [1.807, 2.05) is 0 Å². The van der Waals surface area contributed by atoms with Gasteiger partial charge in [0.15, 0.2) is 36.4 Å². The molecule has 19 nitrogen and oxygen atoms in total. The second-order valence-electron chi connectivity index (χ2n) is 9.89. The van der Waals surface area contributed by atoms with Crippen molar-refractivity contribution >= 4 is 18.2 Å². The molecule has 0 unspecified atom stereocenters. The maximum Gasteiger partial charge on any atom is 0.188 e. The average Bonchev–Trinajstić information content (AvgIpc) is 3.13. The Morgan fingerprint density at radius 1 is 0.900 bits per heavy atom. The molecule has 0 bridgehead atoms. The maximum absolute atomic E-state index is 12.1. The molecule has 0 radical (unpaired) electrons. The van der Waals surface area contributed by atoms with E-state index >= 15 is 0 Å². The Hall–Kier alpha value is -2.27. The average molecular weight is 582 g/mol. The zero-order valence-electron chi connectivity index (χ0n) is 21.7. The predicted octanol–water partition coefficient (Wildman–Crippen LogP) is -8.16. The summed E-state index contributed by atoms with van der Waals surface area (Å²) >= 11 is 0. The molecule has 0 spiro atoms. The number of aldehydes is 1. The maximum atomic E-state index is 12.1. The number of guanidine groups is 2. The van der Waals surface area contributed by atoms with Gasteiger partial charge >= 0.3 is 0 Å². The van der Waals surface area contributed by atoms with E-state index < -0.39 is 110 Å². The molecule has 40 heavy (non-hydrogen) atoms. The number of aliphatic hydroxyl groups excluding tert-OH is 6. The van der Waals surface area contributed by atoms with Crippen LogP contribution in [0.4, 0.5) is 0 Å². The van der Waals surface area contributed by atoms with Crippen molar-refractivity contribution in [1.82, 2.24) is 5.32 Å². The lowest BCUT2D eigenvalue weighted by Crippen LogP contribution is -2.66. The Balaban J connectivity index is 1.96. The molecule has 230 valence electrons. The summed E-state index contributed by atoms with van der Waals surface area (Å²) < 4.78 is 22.9.